The number of hydrogen-bond acceptors (Lipinski definition) is 14. The SMILES string of the molecule is COc1cc(S(=O)(=O)CCOS(=O)(=O)O)c(OC)cc1N=NC1C(=O)N(c2ccc(S(=O)(=O)[O-])cc2)N=C1C.[K+].[K+]. The van der Waals surface area contributed by atoms with E-state index in [1.165, 1.54) is 39.3 Å². The van der Waals surface area contributed by atoms with Gasteiger partial charge in [-0.2, -0.15) is 28.8 Å². The zero-order valence-electron chi connectivity index (χ0n) is 22.4. The van der Waals surface area contributed by atoms with E-state index in [9.17, 15) is 34.6 Å². The molecule has 0 radical (unpaired) electrons. The van der Waals surface area contributed by atoms with Crippen LogP contribution in [-0.2, 0) is 39.3 Å². The molecule has 0 aromatic heterocycles. The van der Waals surface area contributed by atoms with Gasteiger partial charge in [-0.3, -0.25) is 9.35 Å². The van der Waals surface area contributed by atoms with E-state index < -0.39 is 59.6 Å². The second-order valence-corrected chi connectivity index (χ2v) is 12.2. The Balaban J connectivity index is 0.00000420. The first-order valence-electron chi connectivity index (χ1n) is 10.5. The van der Waals surface area contributed by atoms with Gasteiger partial charge in [-0.25, -0.2) is 21.0 Å². The Morgan fingerprint density at radius 2 is 1.59 bits per heavy atom. The first-order valence-corrected chi connectivity index (χ1v) is 15.0. The van der Waals surface area contributed by atoms with Crippen molar-refractivity contribution in [3.8, 4) is 11.5 Å². The van der Waals surface area contributed by atoms with Crippen molar-refractivity contribution < 1.29 is 156 Å². The summed E-state index contributed by atoms with van der Waals surface area (Å²) in [6.45, 7) is 0.641. The van der Waals surface area contributed by atoms with Crippen molar-refractivity contribution in [3.05, 3.63) is 36.4 Å². The second-order valence-electron chi connectivity index (χ2n) is 7.70. The van der Waals surface area contributed by atoms with Crippen molar-refractivity contribution in [2.45, 2.75) is 22.8 Å². The fourth-order valence-electron chi connectivity index (χ4n) is 3.28. The van der Waals surface area contributed by atoms with Crippen LogP contribution >= 0.6 is 0 Å². The van der Waals surface area contributed by atoms with Gasteiger partial charge < -0.3 is 14.0 Å². The Kier molecular flexibility index (Phi) is 14.8. The molecule has 1 atom stereocenters. The largest absolute Gasteiger partial charge is 1.00 e. The van der Waals surface area contributed by atoms with Crippen molar-refractivity contribution >= 4 is 53.3 Å². The Hall–Kier alpha value is -0.217. The van der Waals surface area contributed by atoms with Crippen LogP contribution in [0.25, 0.3) is 0 Å². The van der Waals surface area contributed by atoms with Gasteiger partial charge in [0.2, 0.25) is 0 Å². The molecule has 3 rings (SSSR count). The maximum absolute atomic E-state index is 12.9. The van der Waals surface area contributed by atoms with E-state index in [4.69, 9.17) is 14.0 Å². The van der Waals surface area contributed by atoms with Gasteiger partial charge in [0.15, 0.2) is 15.9 Å². The van der Waals surface area contributed by atoms with Gasteiger partial charge in [-0.15, -0.1) is 0 Å². The molecular weight excluding hydrogens is 663 g/mol. The van der Waals surface area contributed by atoms with Crippen molar-refractivity contribution in [2.24, 2.45) is 15.3 Å². The molecule has 16 nitrogen and oxygen atoms in total. The molecule has 0 bridgehead atoms. The number of hydrogen-bond donors (Lipinski definition) is 1. The average Bonchev–Trinajstić information content (AvgIpc) is 3.13. The molecule has 212 valence electrons. The van der Waals surface area contributed by atoms with Crippen LogP contribution < -0.4 is 117 Å². The number of amides is 1. The van der Waals surface area contributed by atoms with E-state index in [1.807, 2.05) is 0 Å². The number of azo groups is 1. The molecule has 1 N–H and O–H groups in total. The molecule has 2 aromatic carbocycles. The minimum absolute atomic E-state index is 0. The third-order valence-electron chi connectivity index (χ3n) is 5.13. The topological polar surface area (TPSA) is 231 Å². The summed E-state index contributed by atoms with van der Waals surface area (Å²) in [5.41, 5.74) is 0.385. The van der Waals surface area contributed by atoms with E-state index in [-0.39, 0.29) is 136 Å². The van der Waals surface area contributed by atoms with Crippen LogP contribution in [0.1, 0.15) is 6.92 Å². The molecule has 0 fully saturated rings. The fourth-order valence-corrected chi connectivity index (χ4v) is 5.41. The molecule has 2 aromatic rings. The summed E-state index contributed by atoms with van der Waals surface area (Å²) in [6.07, 6.45) is 0. The van der Waals surface area contributed by atoms with Gasteiger partial charge in [-0.05, 0) is 31.2 Å². The first-order chi connectivity index (χ1) is 18.1. The third-order valence-corrected chi connectivity index (χ3v) is 8.14. The van der Waals surface area contributed by atoms with Gasteiger partial charge in [-0.1, -0.05) is 0 Å². The monoisotopic (exact) mass is 683 g/mol. The predicted molar refractivity (Wildman–Crippen MR) is 132 cm³/mol. The molecule has 1 amide bonds. The quantitative estimate of drug-likeness (QED) is 0.133. The van der Waals surface area contributed by atoms with Gasteiger partial charge in [0.1, 0.15) is 32.2 Å². The summed E-state index contributed by atoms with van der Waals surface area (Å²) in [5, 5.41) is 13.1. The van der Waals surface area contributed by atoms with Gasteiger partial charge in [0, 0.05) is 12.1 Å². The maximum atomic E-state index is 12.9. The molecule has 1 aliphatic heterocycles. The van der Waals surface area contributed by atoms with E-state index in [0.717, 1.165) is 23.2 Å². The minimum Gasteiger partial charge on any atom is -0.744 e. The van der Waals surface area contributed by atoms with Crippen LogP contribution in [-0.4, -0.2) is 78.6 Å². The van der Waals surface area contributed by atoms with Gasteiger partial charge in [0.05, 0.1) is 42.9 Å². The first kappa shape index (κ1) is 38.8. The standard InChI is InChI=1S/C20H22N4O12S3.2K/c1-12-19(20(25)24(23-12)13-4-6-14(7-5-13)38(28,29)30)22-21-15-10-17(35-3)18(11-16(15)34-2)37(26,27)9-8-36-39(31,32)33;;/h4-7,10-11,19H,8-9H2,1-3H3,(H,28,29,30)(H,31,32,33);;/q;2*+1/p-1. The number of anilines is 1. The van der Waals surface area contributed by atoms with Crippen LogP contribution in [0.2, 0.25) is 0 Å². The molecular formula is C20H21K2N4O12S3+. The Labute approximate surface area is 321 Å². The normalized spacial score (nSPS) is 15.7. The Morgan fingerprint density at radius 1 is 1.00 bits per heavy atom. The van der Waals surface area contributed by atoms with Crippen molar-refractivity contribution in [1.82, 2.24) is 0 Å². The maximum Gasteiger partial charge on any atom is 1.00 e. The van der Waals surface area contributed by atoms with Crippen LogP contribution in [0.3, 0.4) is 0 Å². The molecule has 1 unspecified atom stereocenters. The van der Waals surface area contributed by atoms with Crippen LogP contribution in [0.5, 0.6) is 11.5 Å². The van der Waals surface area contributed by atoms with Crippen molar-refractivity contribution in [1.29, 1.82) is 0 Å². The predicted octanol–water partition coefficient (Wildman–Crippen LogP) is -4.92. The summed E-state index contributed by atoms with van der Waals surface area (Å²) in [4.78, 5) is 12.1. The molecule has 21 heteroatoms. The van der Waals surface area contributed by atoms with E-state index >= 15 is 0 Å². The number of sulfone groups is 1. The average molecular weight is 684 g/mol. The summed E-state index contributed by atoms with van der Waals surface area (Å²) in [7, 11) is -11.3. The number of benzene rings is 2. The number of ether oxygens (including phenoxy) is 2. The summed E-state index contributed by atoms with van der Waals surface area (Å²) < 4.78 is 103. The number of carbonyl (C=O) groups is 1. The Morgan fingerprint density at radius 3 is 2.10 bits per heavy atom. The third kappa shape index (κ3) is 10.2. The van der Waals surface area contributed by atoms with E-state index in [2.05, 4.69) is 19.5 Å². The van der Waals surface area contributed by atoms with E-state index in [0.29, 0.717) is 0 Å². The summed E-state index contributed by atoms with van der Waals surface area (Å²) in [6, 6.07) is 5.57. The number of methoxy groups -OCH3 is 2. The molecule has 1 heterocycles. The van der Waals surface area contributed by atoms with Gasteiger partial charge >= 0.3 is 113 Å². The summed E-state index contributed by atoms with van der Waals surface area (Å²) in [5.74, 6) is -1.75. The van der Waals surface area contributed by atoms with Gasteiger partial charge in [0.25, 0.3) is 5.91 Å². The number of nitrogens with zero attached hydrogens (tertiary/aromatic N) is 4. The van der Waals surface area contributed by atoms with Crippen molar-refractivity contribution in [3.63, 3.8) is 0 Å². The minimum atomic E-state index is -4.84. The zero-order chi connectivity index (χ0) is 29.2. The van der Waals surface area contributed by atoms with Crippen molar-refractivity contribution in [2.75, 3.05) is 31.6 Å². The van der Waals surface area contributed by atoms with Crippen LogP contribution in [0.15, 0.2) is 61.5 Å². The van der Waals surface area contributed by atoms with Crippen LogP contribution in [0, 0.1) is 0 Å². The smallest absolute Gasteiger partial charge is 0.744 e. The zero-order valence-corrected chi connectivity index (χ0v) is 31.1. The van der Waals surface area contributed by atoms with E-state index in [1.54, 1.807) is 0 Å². The Bertz CT molecular complexity index is 1660. The molecule has 0 spiro atoms. The second kappa shape index (κ2) is 15.7. The summed E-state index contributed by atoms with van der Waals surface area (Å²) >= 11 is 0. The molecule has 1 aliphatic rings. The van der Waals surface area contributed by atoms with Crippen LogP contribution in [0.4, 0.5) is 11.4 Å². The molecule has 0 saturated heterocycles. The molecule has 41 heavy (non-hydrogen) atoms. The molecule has 0 aliphatic carbocycles. The number of hydrazone groups is 1. The fraction of sp³-hybridized carbons (Fsp3) is 0.300. The number of rotatable bonds is 11. The number of carbonyl (C=O) groups excluding carboxylic acids is 1. The molecule has 0 saturated carbocycles.